The molecular formula is C13H14As2N2O5S. The molecule has 0 aliphatic rings. The molecule has 2 aromatic carbocycles. The van der Waals surface area contributed by atoms with E-state index in [2.05, 4.69) is 9.50 Å². The number of hydrogen-bond donors (Lipinski definition) is 5. The van der Waals surface area contributed by atoms with Crippen LogP contribution in [0.1, 0.15) is 0 Å². The minimum absolute atomic E-state index is 0.0485. The molecule has 0 saturated carbocycles. The Hall–Kier alpha value is -1.17. The number of rotatable bonds is 6. The zero-order valence-corrected chi connectivity index (χ0v) is 16.3. The normalized spacial score (nSPS) is 12.4. The first-order valence-electron chi connectivity index (χ1n) is 6.27. The predicted molar refractivity (Wildman–Crippen MR) is 91.7 cm³/mol. The SMILES string of the molecule is Nc1cc([As]=[As]c2ccc(O)c(NCOS(=O)O)c2)ccc1O. The van der Waals surface area contributed by atoms with Crippen LogP contribution in [0.4, 0.5) is 11.4 Å². The van der Waals surface area contributed by atoms with Gasteiger partial charge < -0.3 is 0 Å². The molecule has 0 fully saturated rings. The van der Waals surface area contributed by atoms with Gasteiger partial charge in [-0.2, -0.15) is 0 Å². The van der Waals surface area contributed by atoms with Crippen molar-refractivity contribution >= 4 is 57.7 Å². The Labute approximate surface area is 146 Å². The molecular weight excluding hydrogens is 446 g/mol. The van der Waals surface area contributed by atoms with Gasteiger partial charge in [-0.15, -0.1) is 0 Å². The van der Waals surface area contributed by atoms with E-state index >= 15 is 0 Å². The molecule has 0 bridgehead atoms. The number of anilines is 2. The van der Waals surface area contributed by atoms with E-state index < -0.39 is 11.4 Å². The van der Waals surface area contributed by atoms with E-state index in [9.17, 15) is 14.4 Å². The van der Waals surface area contributed by atoms with Gasteiger partial charge in [-0.25, -0.2) is 0 Å². The third-order valence-electron chi connectivity index (χ3n) is 2.69. The van der Waals surface area contributed by atoms with E-state index in [1.54, 1.807) is 24.3 Å². The molecule has 0 heterocycles. The molecule has 0 saturated heterocycles. The number of nitrogens with two attached hydrogens (primary N) is 1. The Bertz CT molecular complexity index is 757. The van der Waals surface area contributed by atoms with Crippen molar-refractivity contribution in [3.05, 3.63) is 36.4 Å². The third-order valence-corrected chi connectivity index (χ3v) is 11.5. The first kappa shape index (κ1) is 18.2. The van der Waals surface area contributed by atoms with Crippen molar-refractivity contribution in [2.24, 2.45) is 0 Å². The van der Waals surface area contributed by atoms with Gasteiger partial charge in [-0.1, -0.05) is 0 Å². The van der Waals surface area contributed by atoms with Crippen LogP contribution in [0.5, 0.6) is 11.5 Å². The van der Waals surface area contributed by atoms with Crippen LogP contribution in [0.2, 0.25) is 0 Å². The molecule has 0 aromatic heterocycles. The van der Waals surface area contributed by atoms with Crippen LogP contribution in [0.3, 0.4) is 0 Å². The maximum absolute atomic E-state index is 10.4. The average Bonchev–Trinajstić information content (AvgIpc) is 2.50. The van der Waals surface area contributed by atoms with Crippen molar-refractivity contribution in [1.82, 2.24) is 0 Å². The molecule has 122 valence electrons. The number of aromatic hydroxyl groups is 2. The molecule has 2 rings (SSSR count). The fourth-order valence-electron chi connectivity index (χ4n) is 1.61. The summed E-state index contributed by atoms with van der Waals surface area (Å²) in [5.74, 6) is 0.135. The van der Waals surface area contributed by atoms with Crippen molar-refractivity contribution in [2.45, 2.75) is 0 Å². The number of benzene rings is 2. The summed E-state index contributed by atoms with van der Waals surface area (Å²) in [6, 6.07) is 10.5. The summed E-state index contributed by atoms with van der Waals surface area (Å²) < 4.78 is 25.6. The second kappa shape index (κ2) is 8.62. The van der Waals surface area contributed by atoms with Crippen LogP contribution in [0.25, 0.3) is 0 Å². The average molecular weight is 460 g/mol. The molecule has 10 heteroatoms. The summed E-state index contributed by atoms with van der Waals surface area (Å²) in [6.07, 6.45) is 0. The van der Waals surface area contributed by atoms with Gasteiger partial charge in [0.05, 0.1) is 0 Å². The Morgan fingerprint density at radius 2 is 1.70 bits per heavy atom. The molecule has 6 N–H and O–H groups in total. The van der Waals surface area contributed by atoms with Gasteiger partial charge in [0.2, 0.25) is 0 Å². The van der Waals surface area contributed by atoms with Crippen molar-refractivity contribution in [2.75, 3.05) is 17.8 Å². The van der Waals surface area contributed by atoms with Crippen LogP contribution in [-0.4, -0.2) is 52.0 Å². The van der Waals surface area contributed by atoms with Gasteiger partial charge in [0, 0.05) is 0 Å². The molecule has 1 unspecified atom stereocenters. The van der Waals surface area contributed by atoms with E-state index in [-0.39, 0.29) is 44.5 Å². The van der Waals surface area contributed by atoms with Crippen molar-refractivity contribution in [3.63, 3.8) is 0 Å². The first-order valence-corrected chi connectivity index (χ1v) is 14.4. The van der Waals surface area contributed by atoms with Crippen LogP contribution in [-0.2, 0) is 15.5 Å². The molecule has 0 radical (unpaired) electrons. The quantitative estimate of drug-likeness (QED) is 0.129. The summed E-state index contributed by atoms with van der Waals surface area (Å²) >= 11 is -2.57. The molecule has 0 amide bonds. The number of nitrogens with one attached hydrogen (secondary N) is 1. The van der Waals surface area contributed by atoms with Gasteiger partial charge >= 0.3 is 147 Å². The number of hydrogen-bond acceptors (Lipinski definition) is 6. The van der Waals surface area contributed by atoms with E-state index in [1.807, 2.05) is 12.1 Å². The second-order valence-electron chi connectivity index (χ2n) is 4.30. The van der Waals surface area contributed by atoms with Gasteiger partial charge in [0.15, 0.2) is 0 Å². The first-order chi connectivity index (χ1) is 11.0. The molecule has 2 aromatic rings. The zero-order chi connectivity index (χ0) is 16.8. The van der Waals surface area contributed by atoms with Crippen molar-refractivity contribution in [1.29, 1.82) is 0 Å². The monoisotopic (exact) mass is 460 g/mol. The van der Waals surface area contributed by atoms with Crippen molar-refractivity contribution in [3.8, 4) is 11.5 Å². The Morgan fingerprint density at radius 3 is 2.30 bits per heavy atom. The van der Waals surface area contributed by atoms with Crippen LogP contribution in [0, 0.1) is 0 Å². The summed E-state index contributed by atoms with van der Waals surface area (Å²) in [6.45, 7) is -0.182. The Balaban J connectivity index is 2.11. The van der Waals surface area contributed by atoms with Crippen molar-refractivity contribution < 1.29 is 23.2 Å². The maximum atomic E-state index is 10.4. The molecule has 7 nitrogen and oxygen atoms in total. The van der Waals surface area contributed by atoms with E-state index in [0.717, 1.165) is 8.70 Å². The summed E-state index contributed by atoms with van der Waals surface area (Å²) in [7, 11) is 0. The number of phenols is 2. The summed E-state index contributed by atoms with van der Waals surface area (Å²) in [5.41, 5.74) is 6.52. The molecule has 0 aliphatic carbocycles. The standard InChI is InChI=1S/C13H14As2N2O5S/c16-10-5-8(1-3-12(10)18)14-15-9-2-4-13(19)11(6-9)17-7-22-23(20)21/h1-6,17-19H,7,16H2,(H,20,21). The van der Waals surface area contributed by atoms with Gasteiger partial charge in [0.1, 0.15) is 0 Å². The zero-order valence-electron chi connectivity index (χ0n) is 11.7. The van der Waals surface area contributed by atoms with E-state index in [4.69, 9.17) is 10.3 Å². The van der Waals surface area contributed by atoms with Crippen LogP contribution in [0.15, 0.2) is 36.4 Å². The van der Waals surface area contributed by atoms with Gasteiger partial charge in [-0.05, 0) is 0 Å². The van der Waals surface area contributed by atoms with E-state index in [1.165, 1.54) is 0 Å². The Morgan fingerprint density at radius 1 is 1.09 bits per heavy atom. The minimum atomic E-state index is -2.35. The molecule has 23 heavy (non-hydrogen) atoms. The molecule has 0 aliphatic heterocycles. The molecule has 1 atom stereocenters. The van der Waals surface area contributed by atoms with Gasteiger partial charge in [0.25, 0.3) is 0 Å². The predicted octanol–water partition coefficient (Wildman–Crippen LogP) is -0.523. The number of nitrogen functional groups attached to an aromatic ring is 1. The third kappa shape index (κ3) is 5.75. The molecule has 0 spiro atoms. The van der Waals surface area contributed by atoms with Crippen LogP contribution >= 0.6 is 0 Å². The number of phenolic OH excluding ortho intramolecular Hbond substituents is 2. The topological polar surface area (TPSA) is 125 Å². The summed E-state index contributed by atoms with van der Waals surface area (Å²) in [4.78, 5) is 0. The Kier molecular flexibility index (Phi) is 6.81. The fraction of sp³-hybridized carbons (Fsp3) is 0.0769. The van der Waals surface area contributed by atoms with E-state index in [0.29, 0.717) is 11.4 Å². The summed E-state index contributed by atoms with van der Waals surface area (Å²) in [5, 5.41) is 21.9. The second-order valence-corrected chi connectivity index (χ2v) is 12.3. The fourth-order valence-corrected chi connectivity index (χ4v) is 8.88. The van der Waals surface area contributed by atoms with Gasteiger partial charge in [-0.3, -0.25) is 0 Å². The van der Waals surface area contributed by atoms with Crippen LogP contribution < -0.4 is 19.8 Å².